The van der Waals surface area contributed by atoms with Crippen LogP contribution in [0.25, 0.3) is 5.69 Å². The lowest BCUT2D eigenvalue weighted by Crippen LogP contribution is -2.59. The van der Waals surface area contributed by atoms with E-state index in [4.69, 9.17) is 16.3 Å². The molecule has 1 aromatic heterocycles. The second-order valence-corrected chi connectivity index (χ2v) is 9.06. The fraction of sp³-hybridized carbons (Fsp3) is 0.375. The molecule has 10 heteroatoms. The molecule has 2 saturated heterocycles. The minimum absolute atomic E-state index is 0.110. The van der Waals surface area contributed by atoms with Crippen molar-refractivity contribution in [3.8, 4) is 11.8 Å². The molecule has 0 N–H and O–H groups in total. The van der Waals surface area contributed by atoms with Crippen molar-refractivity contribution in [3.05, 3.63) is 70.0 Å². The first kappa shape index (κ1) is 22.5. The smallest absolute Gasteiger partial charge is 0.227 e. The van der Waals surface area contributed by atoms with Gasteiger partial charge in [0.15, 0.2) is 0 Å². The van der Waals surface area contributed by atoms with Crippen LogP contribution in [0.2, 0.25) is 5.02 Å². The largest absolute Gasteiger partial charge is 0.370 e. The van der Waals surface area contributed by atoms with Gasteiger partial charge in [0, 0.05) is 26.2 Å². The molecular formula is C24H24ClN7O2. The number of tetrazole rings is 1. The Morgan fingerprint density at radius 3 is 2.76 bits per heavy atom. The van der Waals surface area contributed by atoms with E-state index in [-0.39, 0.29) is 18.1 Å². The molecule has 174 valence electrons. The summed E-state index contributed by atoms with van der Waals surface area (Å²) >= 11 is 6.17. The number of halogens is 1. The molecule has 3 aromatic rings. The normalized spacial score (nSPS) is 20.6. The summed E-state index contributed by atoms with van der Waals surface area (Å²) in [4.78, 5) is 17.3. The van der Waals surface area contributed by atoms with Crippen LogP contribution < -0.4 is 0 Å². The maximum atomic E-state index is 13.0. The fourth-order valence-corrected chi connectivity index (χ4v) is 4.96. The van der Waals surface area contributed by atoms with Crippen molar-refractivity contribution < 1.29 is 9.53 Å². The number of hydrogen-bond acceptors (Lipinski definition) is 7. The molecule has 9 nitrogen and oxygen atoms in total. The SMILES string of the molecule is Cc1c(C2CN3CCN(C(=O)Cc4ccc(-n5cnnn5)cc4)CC3CO2)ccc(Cl)c1C#N. The van der Waals surface area contributed by atoms with E-state index >= 15 is 0 Å². The number of morpholine rings is 1. The number of benzene rings is 2. The van der Waals surface area contributed by atoms with Crippen LogP contribution in [0.4, 0.5) is 0 Å². The molecule has 34 heavy (non-hydrogen) atoms. The Bertz CT molecular complexity index is 1220. The lowest BCUT2D eigenvalue weighted by atomic mass is 9.96. The molecule has 2 fully saturated rings. The highest BCUT2D eigenvalue weighted by Gasteiger charge is 2.36. The topological polar surface area (TPSA) is 100 Å². The van der Waals surface area contributed by atoms with Crippen LogP contribution in [-0.4, -0.2) is 74.7 Å². The predicted molar refractivity (Wildman–Crippen MR) is 124 cm³/mol. The van der Waals surface area contributed by atoms with E-state index in [0.29, 0.717) is 36.7 Å². The van der Waals surface area contributed by atoms with Gasteiger partial charge >= 0.3 is 0 Å². The van der Waals surface area contributed by atoms with Gasteiger partial charge in [0.25, 0.3) is 0 Å². The molecule has 0 saturated carbocycles. The highest BCUT2D eigenvalue weighted by atomic mass is 35.5. The van der Waals surface area contributed by atoms with Crippen LogP contribution in [0.15, 0.2) is 42.7 Å². The van der Waals surface area contributed by atoms with E-state index in [1.807, 2.05) is 42.2 Å². The number of fused-ring (bicyclic) bond motifs is 1. The monoisotopic (exact) mass is 477 g/mol. The maximum Gasteiger partial charge on any atom is 0.227 e. The molecule has 2 aromatic carbocycles. The van der Waals surface area contributed by atoms with Crippen molar-refractivity contribution in [2.75, 3.05) is 32.8 Å². The second-order valence-electron chi connectivity index (χ2n) is 8.66. The van der Waals surface area contributed by atoms with Crippen molar-refractivity contribution in [2.45, 2.75) is 25.5 Å². The summed E-state index contributed by atoms with van der Waals surface area (Å²) in [5.41, 5.74) is 4.19. The van der Waals surface area contributed by atoms with Crippen LogP contribution in [0, 0.1) is 18.3 Å². The first-order valence-electron chi connectivity index (χ1n) is 11.2. The molecule has 2 aliphatic rings. The Morgan fingerprint density at radius 2 is 2.03 bits per heavy atom. The fourth-order valence-electron chi connectivity index (χ4n) is 4.71. The molecule has 0 aliphatic carbocycles. The molecule has 1 amide bonds. The maximum absolute atomic E-state index is 13.0. The van der Waals surface area contributed by atoms with E-state index in [9.17, 15) is 10.1 Å². The highest BCUT2D eigenvalue weighted by molar-refractivity contribution is 6.31. The van der Waals surface area contributed by atoms with Gasteiger partial charge in [-0.1, -0.05) is 29.8 Å². The van der Waals surface area contributed by atoms with E-state index in [1.54, 1.807) is 10.7 Å². The zero-order valence-corrected chi connectivity index (χ0v) is 19.5. The minimum Gasteiger partial charge on any atom is -0.370 e. The van der Waals surface area contributed by atoms with Crippen molar-refractivity contribution in [1.82, 2.24) is 30.0 Å². The number of nitrogens with zero attached hydrogens (tertiary/aromatic N) is 7. The van der Waals surface area contributed by atoms with Crippen molar-refractivity contribution in [2.24, 2.45) is 0 Å². The third kappa shape index (κ3) is 4.40. The van der Waals surface area contributed by atoms with Crippen LogP contribution in [0.3, 0.4) is 0 Å². The summed E-state index contributed by atoms with van der Waals surface area (Å²) in [6.07, 6.45) is 1.78. The Labute approximate surface area is 202 Å². The Hall–Kier alpha value is -3.32. The highest BCUT2D eigenvalue weighted by Crippen LogP contribution is 2.32. The summed E-state index contributed by atoms with van der Waals surface area (Å²) in [5, 5.41) is 21.0. The van der Waals surface area contributed by atoms with Gasteiger partial charge < -0.3 is 9.64 Å². The number of carbonyl (C=O) groups excluding carboxylic acids is 1. The summed E-state index contributed by atoms with van der Waals surface area (Å²) in [7, 11) is 0. The average Bonchev–Trinajstić information content (AvgIpc) is 3.39. The van der Waals surface area contributed by atoms with E-state index in [2.05, 4.69) is 26.5 Å². The van der Waals surface area contributed by atoms with Gasteiger partial charge in [-0.05, 0) is 52.2 Å². The Morgan fingerprint density at radius 1 is 1.21 bits per heavy atom. The van der Waals surface area contributed by atoms with E-state index in [0.717, 1.165) is 35.5 Å². The molecular weight excluding hydrogens is 454 g/mol. The second kappa shape index (κ2) is 9.50. The van der Waals surface area contributed by atoms with E-state index < -0.39 is 0 Å². The first-order valence-corrected chi connectivity index (χ1v) is 11.6. The van der Waals surface area contributed by atoms with Gasteiger partial charge in [-0.25, -0.2) is 4.68 Å². The van der Waals surface area contributed by atoms with Crippen LogP contribution in [-0.2, 0) is 16.0 Å². The molecule has 2 aliphatic heterocycles. The number of rotatable bonds is 4. The number of hydrogen-bond donors (Lipinski definition) is 0. The third-order valence-electron chi connectivity index (χ3n) is 6.67. The number of ether oxygens (including phenoxy) is 1. The molecule has 0 radical (unpaired) electrons. The number of piperazine rings is 1. The van der Waals surface area contributed by atoms with Crippen LogP contribution in [0.5, 0.6) is 0 Å². The molecule has 3 heterocycles. The van der Waals surface area contributed by atoms with Gasteiger partial charge in [-0.15, -0.1) is 5.10 Å². The van der Waals surface area contributed by atoms with Gasteiger partial charge in [0.1, 0.15) is 12.4 Å². The number of amides is 1. The van der Waals surface area contributed by atoms with E-state index in [1.165, 1.54) is 6.33 Å². The molecule has 0 spiro atoms. The number of nitriles is 1. The zero-order chi connectivity index (χ0) is 23.7. The molecule has 2 atom stereocenters. The minimum atomic E-state index is -0.110. The van der Waals surface area contributed by atoms with Crippen LogP contribution >= 0.6 is 11.6 Å². The molecule has 0 bridgehead atoms. The van der Waals surface area contributed by atoms with Crippen molar-refractivity contribution >= 4 is 17.5 Å². The Kier molecular flexibility index (Phi) is 6.28. The lowest BCUT2D eigenvalue weighted by Gasteiger charge is -2.46. The number of carbonyl (C=O) groups is 1. The average molecular weight is 478 g/mol. The lowest BCUT2D eigenvalue weighted by molar-refractivity contribution is -0.139. The zero-order valence-electron chi connectivity index (χ0n) is 18.8. The Balaban J connectivity index is 1.19. The summed E-state index contributed by atoms with van der Waals surface area (Å²) in [5.74, 6) is 0.115. The van der Waals surface area contributed by atoms with Gasteiger partial charge in [-0.3, -0.25) is 9.69 Å². The summed E-state index contributed by atoms with van der Waals surface area (Å²) < 4.78 is 7.78. The summed E-state index contributed by atoms with van der Waals surface area (Å²) in [6, 6.07) is 13.8. The number of aromatic nitrogens is 4. The van der Waals surface area contributed by atoms with Crippen LogP contribution in [0.1, 0.15) is 28.4 Å². The standard InChI is InChI=1S/C24H24ClN7O2/c1-16-20(6-7-22(25)21(16)11-26)23-13-30-8-9-31(12-19(30)14-34-23)24(33)10-17-2-4-18(5-3-17)32-15-27-28-29-32/h2-7,15,19,23H,8-10,12-14H2,1H3. The van der Waals surface area contributed by atoms with Gasteiger partial charge in [-0.2, -0.15) is 5.26 Å². The van der Waals surface area contributed by atoms with Crippen molar-refractivity contribution in [3.63, 3.8) is 0 Å². The molecule has 2 unspecified atom stereocenters. The predicted octanol–water partition coefficient (Wildman–Crippen LogP) is 2.32. The molecule has 5 rings (SSSR count). The quantitative estimate of drug-likeness (QED) is 0.568. The third-order valence-corrected chi connectivity index (χ3v) is 6.98. The first-order chi connectivity index (χ1) is 16.5. The summed E-state index contributed by atoms with van der Waals surface area (Å²) in [6.45, 7) is 5.33. The van der Waals surface area contributed by atoms with Crippen molar-refractivity contribution in [1.29, 1.82) is 5.26 Å². The van der Waals surface area contributed by atoms with Gasteiger partial charge in [0.2, 0.25) is 5.91 Å². The van der Waals surface area contributed by atoms with Gasteiger partial charge in [0.05, 0.1) is 41.4 Å².